The second-order valence-electron chi connectivity index (χ2n) is 7.26. The number of fused-ring (bicyclic) bond motifs is 1. The predicted molar refractivity (Wildman–Crippen MR) is 88.4 cm³/mol. The highest BCUT2D eigenvalue weighted by atomic mass is 16.5. The molecule has 3 heterocycles. The number of rotatable bonds is 3. The molecule has 23 heavy (non-hydrogen) atoms. The maximum absolute atomic E-state index is 12.9. The van der Waals surface area contributed by atoms with Gasteiger partial charge in [0.1, 0.15) is 0 Å². The van der Waals surface area contributed by atoms with Crippen molar-refractivity contribution in [1.29, 1.82) is 0 Å². The lowest BCUT2D eigenvalue weighted by atomic mass is 9.95. The summed E-state index contributed by atoms with van der Waals surface area (Å²) < 4.78 is 5.80. The molecule has 6 heteroatoms. The van der Waals surface area contributed by atoms with Crippen LogP contribution >= 0.6 is 0 Å². The van der Waals surface area contributed by atoms with E-state index >= 15 is 0 Å². The molecule has 3 rings (SSSR count). The van der Waals surface area contributed by atoms with Crippen LogP contribution in [-0.4, -0.2) is 65.7 Å². The van der Waals surface area contributed by atoms with E-state index in [2.05, 4.69) is 29.2 Å². The smallest absolute Gasteiger partial charge is 0.274 e. The van der Waals surface area contributed by atoms with E-state index in [4.69, 9.17) is 4.74 Å². The number of hydrogen-bond donors (Lipinski definition) is 1. The molecule has 0 spiro atoms. The third-order valence-electron chi connectivity index (χ3n) is 4.96. The molecule has 2 atom stereocenters. The molecule has 6 nitrogen and oxygen atoms in total. The van der Waals surface area contributed by atoms with Crippen LogP contribution in [0.2, 0.25) is 0 Å². The van der Waals surface area contributed by atoms with Gasteiger partial charge in [-0.25, -0.2) is 0 Å². The van der Waals surface area contributed by atoms with Gasteiger partial charge in [0.25, 0.3) is 5.91 Å². The van der Waals surface area contributed by atoms with Gasteiger partial charge in [-0.1, -0.05) is 0 Å². The average molecular weight is 320 g/mol. The summed E-state index contributed by atoms with van der Waals surface area (Å²) in [6, 6.07) is 0. The minimum atomic E-state index is -0.0198. The van der Waals surface area contributed by atoms with Crippen molar-refractivity contribution >= 4 is 5.91 Å². The van der Waals surface area contributed by atoms with Crippen LogP contribution in [0.25, 0.3) is 0 Å². The van der Waals surface area contributed by atoms with Crippen molar-refractivity contribution in [2.24, 2.45) is 5.92 Å². The summed E-state index contributed by atoms with van der Waals surface area (Å²) in [6.45, 7) is 6.83. The van der Waals surface area contributed by atoms with E-state index in [0.29, 0.717) is 11.6 Å². The molecule has 0 aliphatic carbocycles. The Bertz CT molecular complexity index is 561. The molecule has 1 amide bonds. The minimum Gasteiger partial charge on any atom is -0.369 e. The van der Waals surface area contributed by atoms with Gasteiger partial charge in [0.05, 0.1) is 17.9 Å². The Hall–Kier alpha value is -1.40. The van der Waals surface area contributed by atoms with Crippen LogP contribution in [0.15, 0.2) is 0 Å². The van der Waals surface area contributed by atoms with Crippen LogP contribution in [0.1, 0.15) is 54.5 Å². The van der Waals surface area contributed by atoms with Crippen LogP contribution in [0.4, 0.5) is 0 Å². The summed E-state index contributed by atoms with van der Waals surface area (Å²) in [5, 5.41) is 7.34. The summed E-state index contributed by atoms with van der Waals surface area (Å²) in [5.74, 6) is 0.766. The van der Waals surface area contributed by atoms with Gasteiger partial charge in [0, 0.05) is 31.6 Å². The zero-order valence-electron chi connectivity index (χ0n) is 14.6. The number of nitrogens with one attached hydrogen (secondary N) is 1. The van der Waals surface area contributed by atoms with E-state index in [1.807, 2.05) is 18.7 Å². The maximum Gasteiger partial charge on any atom is 0.274 e. The van der Waals surface area contributed by atoms with E-state index in [0.717, 1.165) is 50.2 Å². The largest absolute Gasteiger partial charge is 0.369 e. The molecule has 0 aromatic carbocycles. The first-order chi connectivity index (χ1) is 11.0. The minimum absolute atomic E-state index is 0.0198. The molecule has 1 aromatic rings. The monoisotopic (exact) mass is 320 g/mol. The number of piperidine rings is 1. The number of hydrogen-bond acceptors (Lipinski definition) is 4. The van der Waals surface area contributed by atoms with Crippen LogP contribution in [0.5, 0.6) is 0 Å². The van der Waals surface area contributed by atoms with Crippen molar-refractivity contribution in [1.82, 2.24) is 20.0 Å². The predicted octanol–water partition coefficient (Wildman–Crippen LogP) is 1.85. The molecule has 1 fully saturated rings. The molecular weight excluding hydrogens is 292 g/mol. The molecule has 0 saturated carbocycles. The Labute approximate surface area is 138 Å². The number of likely N-dealkylation sites (tertiary alicyclic amines) is 1. The van der Waals surface area contributed by atoms with E-state index in [-0.39, 0.29) is 18.1 Å². The van der Waals surface area contributed by atoms with Gasteiger partial charge in [0.15, 0.2) is 5.69 Å². The highest BCUT2D eigenvalue weighted by Crippen LogP contribution is 2.31. The number of carbonyl (C=O) groups excluding carboxylic acids is 1. The Kier molecular flexibility index (Phi) is 4.73. The highest BCUT2D eigenvalue weighted by Gasteiger charge is 2.32. The zero-order valence-corrected chi connectivity index (χ0v) is 14.6. The standard InChI is InChI=1S/C17H28N4O2/c1-11-9-14-15(12(2)23-11)18-19-16(14)17(22)21-7-5-13(6-8-21)10-20(3)4/h11-13H,5-10H2,1-4H3,(H,18,19)/t11-,12+/m1/s1. The molecule has 0 bridgehead atoms. The zero-order chi connectivity index (χ0) is 16.6. The average Bonchev–Trinajstić information content (AvgIpc) is 2.90. The van der Waals surface area contributed by atoms with Crippen LogP contribution < -0.4 is 0 Å². The van der Waals surface area contributed by atoms with Crippen molar-refractivity contribution < 1.29 is 9.53 Å². The molecule has 0 unspecified atom stereocenters. The van der Waals surface area contributed by atoms with Crippen LogP contribution in [0, 0.1) is 5.92 Å². The molecule has 1 aromatic heterocycles. The SMILES string of the molecule is C[C@@H]1Cc2c(C(=O)N3CCC(CN(C)C)CC3)n[nH]c2[C@H](C)O1. The van der Waals surface area contributed by atoms with Crippen molar-refractivity contribution in [3.63, 3.8) is 0 Å². The maximum atomic E-state index is 12.9. The van der Waals surface area contributed by atoms with E-state index in [9.17, 15) is 4.79 Å². The fraction of sp³-hybridized carbons (Fsp3) is 0.765. The molecular formula is C17H28N4O2. The number of aromatic nitrogens is 2. The van der Waals surface area contributed by atoms with Crippen molar-refractivity contribution in [3.05, 3.63) is 17.0 Å². The summed E-state index contributed by atoms with van der Waals surface area (Å²) in [4.78, 5) is 17.1. The third-order valence-corrected chi connectivity index (χ3v) is 4.96. The lowest BCUT2D eigenvalue weighted by Crippen LogP contribution is -2.41. The normalized spacial score (nSPS) is 25.7. The van der Waals surface area contributed by atoms with E-state index < -0.39 is 0 Å². The summed E-state index contributed by atoms with van der Waals surface area (Å²) in [7, 11) is 4.22. The summed E-state index contributed by atoms with van der Waals surface area (Å²) in [6.07, 6.45) is 3.02. The van der Waals surface area contributed by atoms with Gasteiger partial charge in [0.2, 0.25) is 0 Å². The second-order valence-corrected chi connectivity index (χ2v) is 7.26. The van der Waals surface area contributed by atoms with Gasteiger partial charge in [-0.3, -0.25) is 9.89 Å². The molecule has 0 radical (unpaired) electrons. The number of H-pyrrole nitrogens is 1. The van der Waals surface area contributed by atoms with Gasteiger partial charge >= 0.3 is 0 Å². The fourth-order valence-corrected chi connectivity index (χ4v) is 3.84. The van der Waals surface area contributed by atoms with Crippen LogP contribution in [-0.2, 0) is 11.2 Å². The lowest BCUT2D eigenvalue weighted by Gasteiger charge is -2.33. The van der Waals surface area contributed by atoms with Gasteiger partial charge < -0.3 is 14.5 Å². The van der Waals surface area contributed by atoms with Crippen molar-refractivity contribution in [2.75, 3.05) is 33.7 Å². The first-order valence-corrected chi connectivity index (χ1v) is 8.62. The number of aromatic amines is 1. The Morgan fingerprint density at radius 1 is 1.35 bits per heavy atom. The molecule has 2 aliphatic heterocycles. The van der Waals surface area contributed by atoms with E-state index in [1.54, 1.807) is 0 Å². The molecule has 1 N–H and O–H groups in total. The quantitative estimate of drug-likeness (QED) is 0.923. The molecule has 1 saturated heterocycles. The summed E-state index contributed by atoms with van der Waals surface area (Å²) in [5.41, 5.74) is 2.62. The van der Waals surface area contributed by atoms with Crippen molar-refractivity contribution in [2.45, 2.75) is 45.3 Å². The first kappa shape index (κ1) is 16.5. The van der Waals surface area contributed by atoms with Gasteiger partial charge in [-0.2, -0.15) is 5.10 Å². The van der Waals surface area contributed by atoms with Gasteiger partial charge in [-0.05, 0) is 46.7 Å². The van der Waals surface area contributed by atoms with Crippen LogP contribution in [0.3, 0.4) is 0 Å². The topological polar surface area (TPSA) is 61.5 Å². The Morgan fingerprint density at radius 3 is 2.70 bits per heavy atom. The highest BCUT2D eigenvalue weighted by molar-refractivity contribution is 5.94. The number of ether oxygens (including phenoxy) is 1. The molecule has 2 aliphatic rings. The van der Waals surface area contributed by atoms with E-state index in [1.165, 1.54) is 0 Å². The third kappa shape index (κ3) is 3.43. The Balaban J connectivity index is 1.68. The molecule has 128 valence electrons. The summed E-state index contributed by atoms with van der Waals surface area (Å²) >= 11 is 0. The Morgan fingerprint density at radius 2 is 2.04 bits per heavy atom. The number of amides is 1. The van der Waals surface area contributed by atoms with Gasteiger partial charge in [-0.15, -0.1) is 0 Å². The fourth-order valence-electron chi connectivity index (χ4n) is 3.84. The first-order valence-electron chi connectivity index (χ1n) is 8.62. The second kappa shape index (κ2) is 6.61. The number of carbonyl (C=O) groups is 1. The van der Waals surface area contributed by atoms with Crippen molar-refractivity contribution in [3.8, 4) is 0 Å². The number of nitrogens with zero attached hydrogens (tertiary/aromatic N) is 3. The lowest BCUT2D eigenvalue weighted by molar-refractivity contribution is -0.00703.